The Morgan fingerprint density at radius 3 is 2.06 bits per heavy atom. The van der Waals surface area contributed by atoms with Crippen molar-refractivity contribution in [1.29, 1.82) is 0 Å². The summed E-state index contributed by atoms with van der Waals surface area (Å²) in [5.74, 6) is 0.618. The number of methoxy groups -OCH3 is 1. The molecule has 0 radical (unpaired) electrons. The number of rotatable bonds is 4. The van der Waals surface area contributed by atoms with Crippen molar-refractivity contribution in [3.8, 4) is 5.88 Å². The smallest absolute Gasteiger partial charge is 0.480 e. The van der Waals surface area contributed by atoms with E-state index in [1.54, 1.807) is 20.2 Å². The van der Waals surface area contributed by atoms with Crippen LogP contribution in [0, 0.1) is 0 Å². The van der Waals surface area contributed by atoms with Crippen molar-refractivity contribution in [3.63, 3.8) is 0 Å². The van der Waals surface area contributed by atoms with Crippen LogP contribution in [0.15, 0.2) is 34.2 Å². The average Bonchev–Trinajstić information content (AvgIpc) is 3.02. The lowest BCUT2D eigenvalue weighted by atomic mass is 9.80. The summed E-state index contributed by atoms with van der Waals surface area (Å²) in [5, 5.41) is 0.507. The van der Waals surface area contributed by atoms with Crippen LogP contribution in [-0.2, 0) is 14.0 Å². The third kappa shape index (κ3) is 8.24. The highest BCUT2D eigenvalue weighted by Crippen LogP contribution is 2.37. The molecular weight excluding hydrogens is 478 g/mol. The zero-order chi connectivity index (χ0) is 26.1. The number of halogens is 2. The molecule has 8 nitrogen and oxygen atoms in total. The van der Waals surface area contributed by atoms with Crippen LogP contribution in [0.5, 0.6) is 5.88 Å². The van der Waals surface area contributed by atoms with E-state index < -0.39 is 7.12 Å². The lowest BCUT2D eigenvalue weighted by Gasteiger charge is -2.32. The number of aromatic nitrogens is 1. The Balaban J connectivity index is 0.000000446. The molecule has 2 aliphatic heterocycles. The molecular formula is C23H39BCl2N4O4. The van der Waals surface area contributed by atoms with Crippen molar-refractivity contribution in [2.45, 2.75) is 59.7 Å². The van der Waals surface area contributed by atoms with Crippen LogP contribution < -0.4 is 26.6 Å². The highest BCUT2D eigenvalue weighted by molar-refractivity contribution is 6.62. The van der Waals surface area contributed by atoms with Gasteiger partial charge in [-0.2, -0.15) is 0 Å². The average molecular weight is 517 g/mol. The standard InChI is InChI=1S/C16H25BN2O4.C5H8Cl2N2.C2H6/c1-15(2)16(3,4)23-17(22-15)12-10-13(14(20-5)18-11-12)19-6-8-21-9-7-19;1-3(8)4(6)2-5(7)9;1-2/h10-11H,6-9H2,1-5H3;2H,8-9H2,1H3;1-2H3/b;4-3+,5-2-;. The van der Waals surface area contributed by atoms with Gasteiger partial charge in [0.1, 0.15) is 5.16 Å². The van der Waals surface area contributed by atoms with E-state index in [0.717, 1.165) is 24.2 Å². The van der Waals surface area contributed by atoms with E-state index in [2.05, 4.69) is 16.0 Å². The van der Waals surface area contributed by atoms with Crippen molar-refractivity contribution in [1.82, 2.24) is 4.98 Å². The van der Waals surface area contributed by atoms with Crippen LogP contribution in [0.1, 0.15) is 48.5 Å². The fourth-order valence-corrected chi connectivity index (χ4v) is 3.27. The van der Waals surface area contributed by atoms with Gasteiger partial charge in [0.05, 0.1) is 42.2 Å². The summed E-state index contributed by atoms with van der Waals surface area (Å²) in [6.45, 7) is 16.9. The molecule has 0 aromatic carbocycles. The molecule has 0 aliphatic carbocycles. The number of hydrogen-bond acceptors (Lipinski definition) is 8. The Kier molecular flexibility index (Phi) is 12.0. The third-order valence-electron chi connectivity index (χ3n) is 5.57. The second kappa shape index (κ2) is 13.4. The van der Waals surface area contributed by atoms with Gasteiger partial charge in [0.25, 0.3) is 0 Å². The second-order valence-corrected chi connectivity index (χ2v) is 9.39. The first kappa shape index (κ1) is 30.4. The molecule has 0 spiro atoms. The maximum atomic E-state index is 6.12. The number of ether oxygens (including phenoxy) is 2. The zero-order valence-corrected chi connectivity index (χ0v) is 23.1. The van der Waals surface area contributed by atoms with Gasteiger partial charge in [0, 0.05) is 30.4 Å². The molecule has 0 amide bonds. The summed E-state index contributed by atoms with van der Waals surface area (Å²) >= 11 is 10.8. The van der Waals surface area contributed by atoms with Crippen molar-refractivity contribution in [3.05, 3.63) is 34.2 Å². The van der Waals surface area contributed by atoms with E-state index in [0.29, 0.717) is 29.8 Å². The van der Waals surface area contributed by atoms with E-state index in [-0.39, 0.29) is 16.4 Å². The van der Waals surface area contributed by atoms with Crippen LogP contribution in [-0.4, -0.2) is 56.7 Å². The normalized spacial score (nSPS) is 19.9. The van der Waals surface area contributed by atoms with Crippen molar-refractivity contribution in [2.24, 2.45) is 11.5 Å². The van der Waals surface area contributed by atoms with Crippen molar-refractivity contribution < 1.29 is 18.8 Å². The van der Waals surface area contributed by atoms with Gasteiger partial charge in [0.15, 0.2) is 0 Å². The molecule has 2 aliphatic rings. The highest BCUT2D eigenvalue weighted by atomic mass is 35.5. The Morgan fingerprint density at radius 2 is 1.65 bits per heavy atom. The summed E-state index contributed by atoms with van der Waals surface area (Å²) < 4.78 is 23.1. The Morgan fingerprint density at radius 1 is 1.12 bits per heavy atom. The van der Waals surface area contributed by atoms with Gasteiger partial charge >= 0.3 is 7.12 Å². The summed E-state index contributed by atoms with van der Waals surface area (Å²) in [4.78, 5) is 6.67. The lowest BCUT2D eigenvalue weighted by Crippen LogP contribution is -2.41. The van der Waals surface area contributed by atoms with E-state index in [9.17, 15) is 0 Å². The van der Waals surface area contributed by atoms with Crippen molar-refractivity contribution >= 4 is 41.5 Å². The first-order chi connectivity index (χ1) is 15.9. The maximum Gasteiger partial charge on any atom is 0.496 e. The second-order valence-electron chi connectivity index (χ2n) is 8.54. The van der Waals surface area contributed by atoms with Gasteiger partial charge in [-0.15, -0.1) is 0 Å². The molecule has 2 fully saturated rings. The largest absolute Gasteiger partial charge is 0.496 e. The van der Waals surface area contributed by atoms with Crippen LogP contribution in [0.2, 0.25) is 0 Å². The number of anilines is 1. The molecule has 0 atom stereocenters. The fourth-order valence-electron chi connectivity index (χ4n) is 2.99. The molecule has 192 valence electrons. The fraction of sp³-hybridized carbons (Fsp3) is 0.609. The van der Waals surface area contributed by atoms with Gasteiger partial charge in [0.2, 0.25) is 5.88 Å². The Labute approximate surface area is 214 Å². The lowest BCUT2D eigenvalue weighted by molar-refractivity contribution is 0.00578. The van der Waals surface area contributed by atoms with Gasteiger partial charge in [-0.05, 0) is 46.8 Å². The number of hydrogen-bond donors (Lipinski definition) is 2. The van der Waals surface area contributed by atoms with Gasteiger partial charge < -0.3 is 35.1 Å². The van der Waals surface area contributed by atoms with Gasteiger partial charge in [-0.25, -0.2) is 4.98 Å². The number of allylic oxidation sites excluding steroid dienone is 3. The van der Waals surface area contributed by atoms with Crippen LogP contribution >= 0.6 is 23.2 Å². The minimum atomic E-state index is -0.418. The van der Waals surface area contributed by atoms with Crippen LogP contribution in [0.3, 0.4) is 0 Å². The maximum absolute atomic E-state index is 6.12. The number of nitrogens with zero attached hydrogens (tertiary/aromatic N) is 2. The molecule has 0 saturated carbocycles. The molecule has 0 unspecified atom stereocenters. The zero-order valence-electron chi connectivity index (χ0n) is 21.6. The predicted octanol–water partition coefficient (Wildman–Crippen LogP) is 3.71. The number of nitrogens with two attached hydrogens (primary N) is 2. The van der Waals surface area contributed by atoms with E-state index >= 15 is 0 Å². The molecule has 1 aromatic rings. The predicted molar refractivity (Wildman–Crippen MR) is 142 cm³/mol. The molecule has 1 aromatic heterocycles. The number of morpholine rings is 1. The first-order valence-electron chi connectivity index (χ1n) is 11.3. The van der Waals surface area contributed by atoms with Crippen LogP contribution in [0.25, 0.3) is 0 Å². The molecule has 0 bridgehead atoms. The van der Waals surface area contributed by atoms with E-state index in [1.807, 2.05) is 41.5 Å². The molecule has 4 N–H and O–H groups in total. The summed E-state index contributed by atoms with van der Waals surface area (Å²) in [7, 11) is 1.22. The van der Waals surface area contributed by atoms with Crippen molar-refractivity contribution in [2.75, 3.05) is 38.3 Å². The summed E-state index contributed by atoms with van der Waals surface area (Å²) in [6.07, 6.45) is 3.16. The Hall–Kier alpha value is -1.65. The van der Waals surface area contributed by atoms with E-state index in [4.69, 9.17) is 53.5 Å². The first-order valence-corrected chi connectivity index (χ1v) is 12.1. The summed E-state index contributed by atoms with van der Waals surface area (Å²) in [6, 6.07) is 2.05. The molecule has 3 heterocycles. The minimum absolute atomic E-state index is 0.129. The molecule has 2 saturated heterocycles. The number of pyridine rings is 1. The monoisotopic (exact) mass is 516 g/mol. The van der Waals surface area contributed by atoms with Gasteiger partial charge in [-0.1, -0.05) is 37.0 Å². The highest BCUT2D eigenvalue weighted by Gasteiger charge is 2.52. The SMILES string of the molecule is C/C(N)=C(Cl)/C=C(\N)Cl.CC.COc1ncc(B2OC(C)(C)C(C)(C)O2)cc1N1CCOCC1. The third-order valence-corrected chi connectivity index (χ3v) is 6.08. The molecule has 11 heteroatoms. The molecule has 3 rings (SSSR count). The minimum Gasteiger partial charge on any atom is -0.480 e. The molecule has 34 heavy (non-hydrogen) atoms. The van der Waals surface area contributed by atoms with E-state index in [1.165, 1.54) is 6.08 Å². The topological polar surface area (TPSA) is 105 Å². The quantitative estimate of drug-likeness (QED) is 0.354. The van der Waals surface area contributed by atoms with Gasteiger partial charge in [-0.3, -0.25) is 0 Å². The van der Waals surface area contributed by atoms with Crippen LogP contribution in [0.4, 0.5) is 5.69 Å². The Bertz CT molecular complexity index is 835. The summed E-state index contributed by atoms with van der Waals surface area (Å²) in [5.41, 5.74) is 12.0.